The third kappa shape index (κ3) is 4.65. The van der Waals surface area contributed by atoms with Crippen molar-refractivity contribution in [3.8, 4) is 0 Å². The molecule has 1 N–H and O–H groups in total. The van der Waals surface area contributed by atoms with Crippen molar-refractivity contribution in [3.05, 3.63) is 35.9 Å². The summed E-state index contributed by atoms with van der Waals surface area (Å²) in [5.74, 6) is 0.225. The second-order valence-corrected chi connectivity index (χ2v) is 5.05. The lowest BCUT2D eigenvalue weighted by molar-refractivity contribution is -0.146. The molecule has 1 heterocycles. The fourth-order valence-corrected chi connectivity index (χ4v) is 2.29. The van der Waals surface area contributed by atoms with Gasteiger partial charge in [0.05, 0.1) is 6.54 Å². The molecule has 1 aliphatic rings. The van der Waals surface area contributed by atoms with Crippen molar-refractivity contribution in [1.82, 2.24) is 4.90 Å². The fourth-order valence-electron chi connectivity index (χ4n) is 2.29. The van der Waals surface area contributed by atoms with Crippen LogP contribution in [0.1, 0.15) is 18.4 Å². The zero-order valence-electron chi connectivity index (χ0n) is 11.1. The molecule has 1 aromatic rings. The highest BCUT2D eigenvalue weighted by atomic mass is 16.5. The van der Waals surface area contributed by atoms with Gasteiger partial charge in [0.15, 0.2) is 0 Å². The number of hydrogen-bond acceptors (Lipinski definition) is 4. The smallest absolute Gasteiger partial charge is 0.320 e. The molecule has 0 aliphatic carbocycles. The van der Waals surface area contributed by atoms with Gasteiger partial charge in [0.2, 0.25) is 0 Å². The zero-order chi connectivity index (χ0) is 13.5. The number of likely N-dealkylation sites (tertiary alicyclic amines) is 1. The Morgan fingerprint density at radius 1 is 1.26 bits per heavy atom. The van der Waals surface area contributed by atoms with Crippen LogP contribution >= 0.6 is 0 Å². The number of ether oxygens (including phenoxy) is 1. The minimum absolute atomic E-state index is 0.175. The van der Waals surface area contributed by atoms with E-state index in [2.05, 4.69) is 4.90 Å². The standard InChI is InChI=1S/C15H21NO3/c17-11-13-6-8-16(9-7-13)10-15(18)19-12-14-4-2-1-3-5-14/h1-5,13,17H,6-12H2. The first-order valence-electron chi connectivity index (χ1n) is 6.80. The van der Waals surface area contributed by atoms with Gasteiger partial charge >= 0.3 is 5.97 Å². The van der Waals surface area contributed by atoms with Crippen LogP contribution in [0.3, 0.4) is 0 Å². The average Bonchev–Trinajstić information content (AvgIpc) is 2.47. The summed E-state index contributed by atoms with van der Waals surface area (Å²) < 4.78 is 5.25. The molecule has 0 aromatic heterocycles. The summed E-state index contributed by atoms with van der Waals surface area (Å²) in [5.41, 5.74) is 1.01. The Morgan fingerprint density at radius 3 is 2.58 bits per heavy atom. The van der Waals surface area contributed by atoms with Crippen LogP contribution in [0.15, 0.2) is 30.3 Å². The van der Waals surface area contributed by atoms with Crippen molar-refractivity contribution in [2.75, 3.05) is 26.2 Å². The summed E-state index contributed by atoms with van der Waals surface area (Å²) in [7, 11) is 0. The maximum Gasteiger partial charge on any atom is 0.320 e. The third-order valence-electron chi connectivity index (χ3n) is 3.56. The van der Waals surface area contributed by atoms with Crippen molar-refractivity contribution in [3.63, 3.8) is 0 Å². The second-order valence-electron chi connectivity index (χ2n) is 5.05. The number of nitrogens with zero attached hydrogens (tertiary/aromatic N) is 1. The fraction of sp³-hybridized carbons (Fsp3) is 0.533. The normalized spacial score (nSPS) is 17.3. The van der Waals surface area contributed by atoms with Gasteiger partial charge in [-0.15, -0.1) is 0 Å². The first-order chi connectivity index (χ1) is 9.28. The average molecular weight is 263 g/mol. The Hall–Kier alpha value is -1.39. The topological polar surface area (TPSA) is 49.8 Å². The van der Waals surface area contributed by atoms with Crippen molar-refractivity contribution in [2.24, 2.45) is 5.92 Å². The summed E-state index contributed by atoms with van der Waals surface area (Å²) in [4.78, 5) is 13.8. The summed E-state index contributed by atoms with van der Waals surface area (Å²) >= 11 is 0. The number of carbonyl (C=O) groups excluding carboxylic acids is 1. The van der Waals surface area contributed by atoms with Gasteiger partial charge in [-0.05, 0) is 37.4 Å². The molecule has 1 aliphatic heterocycles. The predicted octanol–water partition coefficient (Wildman–Crippen LogP) is 1.43. The van der Waals surface area contributed by atoms with E-state index >= 15 is 0 Å². The quantitative estimate of drug-likeness (QED) is 0.817. The van der Waals surface area contributed by atoms with Crippen LogP contribution in [0.2, 0.25) is 0 Å². The van der Waals surface area contributed by atoms with Crippen molar-refractivity contribution < 1.29 is 14.6 Å². The van der Waals surface area contributed by atoms with Gasteiger partial charge in [0.1, 0.15) is 6.61 Å². The van der Waals surface area contributed by atoms with E-state index in [1.54, 1.807) is 0 Å². The predicted molar refractivity (Wildman–Crippen MR) is 72.5 cm³/mol. The highest BCUT2D eigenvalue weighted by molar-refractivity contribution is 5.71. The number of esters is 1. The van der Waals surface area contributed by atoms with E-state index in [1.165, 1.54) is 0 Å². The van der Waals surface area contributed by atoms with Crippen LogP contribution in [0.25, 0.3) is 0 Å². The van der Waals surface area contributed by atoms with E-state index in [4.69, 9.17) is 9.84 Å². The maximum atomic E-state index is 11.7. The number of carbonyl (C=O) groups is 1. The molecule has 104 valence electrons. The molecule has 4 nitrogen and oxygen atoms in total. The number of rotatable bonds is 5. The number of benzene rings is 1. The van der Waals surface area contributed by atoms with Gasteiger partial charge in [-0.1, -0.05) is 30.3 Å². The number of aliphatic hydroxyl groups excluding tert-OH is 1. The molecule has 19 heavy (non-hydrogen) atoms. The first kappa shape index (κ1) is 14.0. The number of hydrogen-bond donors (Lipinski definition) is 1. The van der Waals surface area contributed by atoms with Crippen LogP contribution < -0.4 is 0 Å². The molecule has 0 saturated carbocycles. The Kier molecular flexibility index (Phi) is 5.36. The first-order valence-corrected chi connectivity index (χ1v) is 6.80. The number of piperidine rings is 1. The van der Waals surface area contributed by atoms with Crippen molar-refractivity contribution >= 4 is 5.97 Å². The molecule has 0 unspecified atom stereocenters. The Morgan fingerprint density at radius 2 is 1.95 bits per heavy atom. The summed E-state index contributed by atoms with van der Waals surface area (Å²) in [5, 5.41) is 9.06. The van der Waals surface area contributed by atoms with Crippen LogP contribution in [-0.2, 0) is 16.1 Å². The molecule has 1 fully saturated rings. The lowest BCUT2D eigenvalue weighted by Crippen LogP contribution is -2.38. The van der Waals surface area contributed by atoms with E-state index in [0.29, 0.717) is 19.1 Å². The Labute approximate surface area is 114 Å². The highest BCUT2D eigenvalue weighted by Gasteiger charge is 2.20. The molecule has 1 saturated heterocycles. The van der Waals surface area contributed by atoms with E-state index in [9.17, 15) is 4.79 Å². The molecule has 0 radical (unpaired) electrons. The molecule has 4 heteroatoms. The SMILES string of the molecule is O=C(CN1CCC(CO)CC1)OCc1ccccc1. The summed E-state index contributed by atoms with van der Waals surface area (Å²) in [6.45, 7) is 2.68. The molecule has 0 atom stereocenters. The molecule has 0 bridgehead atoms. The van der Waals surface area contributed by atoms with Crippen LogP contribution in [0.5, 0.6) is 0 Å². The van der Waals surface area contributed by atoms with Gasteiger partial charge in [-0.2, -0.15) is 0 Å². The van der Waals surface area contributed by atoms with Crippen molar-refractivity contribution in [1.29, 1.82) is 0 Å². The van der Waals surface area contributed by atoms with Gasteiger partial charge in [-0.25, -0.2) is 0 Å². The van der Waals surface area contributed by atoms with E-state index in [1.807, 2.05) is 30.3 Å². The second kappa shape index (κ2) is 7.26. The molecular weight excluding hydrogens is 242 g/mol. The molecular formula is C15H21NO3. The maximum absolute atomic E-state index is 11.7. The molecule has 2 rings (SSSR count). The van der Waals surface area contributed by atoms with E-state index < -0.39 is 0 Å². The van der Waals surface area contributed by atoms with Gasteiger partial charge in [0.25, 0.3) is 0 Å². The minimum Gasteiger partial charge on any atom is -0.460 e. The lowest BCUT2D eigenvalue weighted by Gasteiger charge is -2.30. The number of aliphatic hydroxyl groups is 1. The van der Waals surface area contributed by atoms with E-state index in [0.717, 1.165) is 31.5 Å². The van der Waals surface area contributed by atoms with Crippen LogP contribution in [0, 0.1) is 5.92 Å². The highest BCUT2D eigenvalue weighted by Crippen LogP contribution is 2.16. The van der Waals surface area contributed by atoms with Gasteiger partial charge < -0.3 is 9.84 Å². The summed E-state index contributed by atoms with van der Waals surface area (Å²) in [6.07, 6.45) is 1.92. The lowest BCUT2D eigenvalue weighted by atomic mass is 9.98. The third-order valence-corrected chi connectivity index (χ3v) is 3.56. The molecule has 1 aromatic carbocycles. The van der Waals surface area contributed by atoms with Crippen molar-refractivity contribution in [2.45, 2.75) is 19.4 Å². The molecule has 0 amide bonds. The van der Waals surface area contributed by atoms with E-state index in [-0.39, 0.29) is 12.6 Å². The van der Waals surface area contributed by atoms with Crippen LogP contribution in [0.4, 0.5) is 0 Å². The zero-order valence-corrected chi connectivity index (χ0v) is 11.1. The Balaban J connectivity index is 1.67. The van der Waals surface area contributed by atoms with Gasteiger partial charge in [-0.3, -0.25) is 9.69 Å². The minimum atomic E-state index is -0.175. The summed E-state index contributed by atoms with van der Waals surface area (Å²) in [6, 6.07) is 9.70. The largest absolute Gasteiger partial charge is 0.460 e. The Bertz CT molecular complexity index is 386. The van der Waals surface area contributed by atoms with Crippen LogP contribution in [-0.4, -0.2) is 42.2 Å². The van der Waals surface area contributed by atoms with Gasteiger partial charge in [0, 0.05) is 6.61 Å². The monoisotopic (exact) mass is 263 g/mol. The molecule has 0 spiro atoms.